The Hall–Kier alpha value is -2.79. The molecule has 0 saturated heterocycles. The Kier molecular flexibility index (Phi) is 4.76. The van der Waals surface area contributed by atoms with Crippen LogP contribution in [0, 0.1) is 6.92 Å². The zero-order valence-electron chi connectivity index (χ0n) is 13.9. The first kappa shape index (κ1) is 17.0. The summed E-state index contributed by atoms with van der Waals surface area (Å²) in [7, 11) is 1.60. The van der Waals surface area contributed by atoms with Crippen LogP contribution in [0.3, 0.4) is 0 Å². The molecule has 0 aliphatic carbocycles. The van der Waals surface area contributed by atoms with Crippen molar-refractivity contribution in [2.75, 3.05) is 12.4 Å². The highest BCUT2D eigenvalue weighted by molar-refractivity contribution is 6.35. The number of anilines is 1. The molecule has 0 radical (unpaired) electrons. The molecule has 3 rings (SSSR count). The lowest BCUT2D eigenvalue weighted by atomic mass is 10.1. The van der Waals surface area contributed by atoms with E-state index in [2.05, 4.69) is 10.6 Å². The van der Waals surface area contributed by atoms with Gasteiger partial charge >= 0.3 is 0 Å². The van der Waals surface area contributed by atoms with Gasteiger partial charge in [-0.05, 0) is 30.7 Å². The fourth-order valence-electron chi connectivity index (χ4n) is 2.59. The second-order valence-corrected chi connectivity index (χ2v) is 6.08. The molecule has 2 aromatic carbocycles. The van der Waals surface area contributed by atoms with Crippen molar-refractivity contribution in [3.63, 3.8) is 0 Å². The summed E-state index contributed by atoms with van der Waals surface area (Å²) in [6.07, 6.45) is 0.298. The third-order valence-electron chi connectivity index (χ3n) is 3.98. The number of amides is 2. The Morgan fingerprint density at radius 3 is 2.48 bits per heavy atom. The fraction of sp³-hybridized carbons (Fsp3) is 0.158. The van der Waals surface area contributed by atoms with Crippen LogP contribution in [-0.2, 0) is 11.2 Å². The highest BCUT2D eigenvalue weighted by atomic mass is 35.5. The lowest BCUT2D eigenvalue weighted by Gasteiger charge is -2.05. The van der Waals surface area contributed by atoms with E-state index in [4.69, 9.17) is 16.0 Å². The van der Waals surface area contributed by atoms with E-state index in [1.165, 1.54) is 0 Å². The summed E-state index contributed by atoms with van der Waals surface area (Å²) in [5.41, 5.74) is 2.74. The second kappa shape index (κ2) is 6.99. The molecular formula is C19H17ClN2O3. The van der Waals surface area contributed by atoms with E-state index in [-0.39, 0.29) is 17.6 Å². The van der Waals surface area contributed by atoms with Gasteiger partial charge in [-0.1, -0.05) is 35.9 Å². The summed E-state index contributed by atoms with van der Waals surface area (Å²) in [4.78, 5) is 23.9. The number of fused-ring (bicyclic) bond motifs is 1. The smallest absolute Gasteiger partial charge is 0.291 e. The van der Waals surface area contributed by atoms with Crippen LogP contribution >= 0.6 is 11.6 Å². The van der Waals surface area contributed by atoms with Gasteiger partial charge in [0, 0.05) is 23.7 Å². The maximum atomic E-state index is 12.5. The highest BCUT2D eigenvalue weighted by Crippen LogP contribution is 2.31. The normalized spacial score (nSPS) is 10.7. The van der Waals surface area contributed by atoms with Crippen molar-refractivity contribution in [1.82, 2.24) is 5.32 Å². The molecule has 0 bridgehead atoms. The first-order valence-corrected chi connectivity index (χ1v) is 8.16. The number of hydrogen-bond acceptors (Lipinski definition) is 3. The van der Waals surface area contributed by atoms with Gasteiger partial charge in [-0.3, -0.25) is 9.59 Å². The van der Waals surface area contributed by atoms with Crippen LogP contribution in [0.15, 0.2) is 46.9 Å². The molecule has 0 unspecified atom stereocenters. The third kappa shape index (κ3) is 3.51. The molecule has 2 amide bonds. The minimum atomic E-state index is -0.344. The molecular weight excluding hydrogens is 340 g/mol. The summed E-state index contributed by atoms with van der Waals surface area (Å²) in [6, 6.07) is 12.5. The van der Waals surface area contributed by atoms with E-state index >= 15 is 0 Å². The van der Waals surface area contributed by atoms with Crippen molar-refractivity contribution < 1.29 is 14.0 Å². The Morgan fingerprint density at radius 1 is 1.12 bits per heavy atom. The first-order valence-electron chi connectivity index (χ1n) is 7.78. The van der Waals surface area contributed by atoms with Gasteiger partial charge in [0.2, 0.25) is 5.91 Å². The topological polar surface area (TPSA) is 71.3 Å². The molecule has 25 heavy (non-hydrogen) atoms. The number of furan rings is 1. The number of para-hydroxylation sites is 1. The van der Waals surface area contributed by atoms with E-state index in [0.29, 0.717) is 22.7 Å². The Labute approximate surface area is 150 Å². The minimum Gasteiger partial charge on any atom is -0.449 e. The predicted octanol–water partition coefficient (Wildman–Crippen LogP) is 3.94. The Bertz CT molecular complexity index is 945. The zero-order chi connectivity index (χ0) is 18.0. The average molecular weight is 357 g/mol. The van der Waals surface area contributed by atoms with Crippen LogP contribution in [0.5, 0.6) is 0 Å². The third-order valence-corrected chi connectivity index (χ3v) is 4.27. The molecule has 0 aliphatic heterocycles. The Balaban J connectivity index is 1.79. The largest absolute Gasteiger partial charge is 0.449 e. The van der Waals surface area contributed by atoms with Gasteiger partial charge in [0.15, 0.2) is 11.3 Å². The van der Waals surface area contributed by atoms with Gasteiger partial charge < -0.3 is 15.1 Å². The minimum absolute atomic E-state index is 0.0634. The van der Waals surface area contributed by atoms with Crippen molar-refractivity contribution in [3.8, 4) is 0 Å². The predicted molar refractivity (Wildman–Crippen MR) is 98.1 cm³/mol. The van der Waals surface area contributed by atoms with Crippen molar-refractivity contribution in [2.45, 2.75) is 13.3 Å². The number of nitrogens with one attached hydrogen (secondary N) is 2. The number of carbonyl (C=O) groups is 2. The van der Waals surface area contributed by atoms with Gasteiger partial charge in [-0.25, -0.2) is 0 Å². The summed E-state index contributed by atoms with van der Waals surface area (Å²) < 4.78 is 5.66. The molecule has 5 nitrogen and oxygen atoms in total. The van der Waals surface area contributed by atoms with Gasteiger partial charge in [0.05, 0.1) is 11.4 Å². The molecule has 6 heteroatoms. The standard InChI is InChI=1S/C19H17ClN2O3/c1-11-14-4-3-5-15(20)18(14)25-17(11)19(24)22-13-8-6-12(7-9-13)10-16(23)21-2/h3-9H,10H2,1-2H3,(H,21,23)(H,22,24). The van der Waals surface area contributed by atoms with E-state index in [1.807, 2.05) is 19.1 Å². The molecule has 0 fully saturated rings. The molecule has 0 atom stereocenters. The van der Waals surface area contributed by atoms with Crippen LogP contribution < -0.4 is 10.6 Å². The highest BCUT2D eigenvalue weighted by Gasteiger charge is 2.19. The number of rotatable bonds is 4. The average Bonchev–Trinajstić information content (AvgIpc) is 2.95. The summed E-state index contributed by atoms with van der Waals surface area (Å²) in [5, 5.41) is 6.66. The number of halogens is 1. The lowest BCUT2D eigenvalue weighted by Crippen LogP contribution is -2.19. The van der Waals surface area contributed by atoms with Crippen LogP contribution in [0.25, 0.3) is 11.0 Å². The van der Waals surface area contributed by atoms with Gasteiger partial charge in [0.25, 0.3) is 5.91 Å². The van der Waals surface area contributed by atoms with E-state index in [9.17, 15) is 9.59 Å². The number of carbonyl (C=O) groups excluding carboxylic acids is 2. The van der Waals surface area contributed by atoms with Gasteiger partial charge in [-0.2, -0.15) is 0 Å². The number of likely N-dealkylation sites (N-methyl/N-ethyl adjacent to an activating group) is 1. The SMILES string of the molecule is CNC(=O)Cc1ccc(NC(=O)c2oc3c(Cl)cccc3c2C)cc1. The summed E-state index contributed by atoms with van der Waals surface area (Å²) in [5.74, 6) is -0.173. The molecule has 0 saturated carbocycles. The van der Waals surface area contributed by atoms with E-state index < -0.39 is 0 Å². The number of aryl methyl sites for hydroxylation is 1. The second-order valence-electron chi connectivity index (χ2n) is 5.67. The van der Waals surface area contributed by atoms with Crippen molar-refractivity contribution in [1.29, 1.82) is 0 Å². The molecule has 0 aliphatic rings. The summed E-state index contributed by atoms with van der Waals surface area (Å²) >= 11 is 6.12. The maximum absolute atomic E-state index is 12.5. The molecule has 128 valence electrons. The summed E-state index contributed by atoms with van der Waals surface area (Å²) in [6.45, 7) is 1.82. The fourth-order valence-corrected chi connectivity index (χ4v) is 2.81. The molecule has 2 N–H and O–H groups in total. The molecule has 1 heterocycles. The van der Waals surface area contributed by atoms with Crippen LogP contribution in [-0.4, -0.2) is 18.9 Å². The van der Waals surface area contributed by atoms with Crippen LogP contribution in [0.4, 0.5) is 5.69 Å². The van der Waals surface area contributed by atoms with Crippen LogP contribution in [0.1, 0.15) is 21.7 Å². The Morgan fingerprint density at radius 2 is 1.84 bits per heavy atom. The van der Waals surface area contributed by atoms with Crippen molar-refractivity contribution >= 4 is 40.1 Å². The van der Waals surface area contributed by atoms with Crippen LogP contribution in [0.2, 0.25) is 5.02 Å². The van der Waals surface area contributed by atoms with Gasteiger partial charge in [0.1, 0.15) is 0 Å². The van der Waals surface area contributed by atoms with E-state index in [1.54, 1.807) is 37.4 Å². The maximum Gasteiger partial charge on any atom is 0.291 e. The van der Waals surface area contributed by atoms with E-state index in [0.717, 1.165) is 16.5 Å². The molecule has 1 aromatic heterocycles. The zero-order valence-corrected chi connectivity index (χ0v) is 14.6. The van der Waals surface area contributed by atoms with Crippen molar-refractivity contribution in [2.24, 2.45) is 0 Å². The first-order chi connectivity index (χ1) is 12.0. The lowest BCUT2D eigenvalue weighted by molar-refractivity contribution is -0.119. The van der Waals surface area contributed by atoms with Crippen molar-refractivity contribution in [3.05, 3.63) is 64.4 Å². The monoisotopic (exact) mass is 356 g/mol. The molecule has 0 spiro atoms. The quantitative estimate of drug-likeness (QED) is 0.743. The van der Waals surface area contributed by atoms with Gasteiger partial charge in [-0.15, -0.1) is 0 Å². The molecule has 3 aromatic rings. The number of hydrogen-bond donors (Lipinski definition) is 2. The number of benzene rings is 2.